The fraction of sp³-hybridized carbons (Fsp3) is 0.692. The van der Waals surface area contributed by atoms with E-state index in [4.69, 9.17) is 9.84 Å². The van der Waals surface area contributed by atoms with Crippen molar-refractivity contribution in [1.29, 1.82) is 0 Å². The van der Waals surface area contributed by atoms with Gasteiger partial charge >= 0.3 is 0 Å². The number of aliphatic hydroxyl groups excluding tert-OH is 1. The number of anilines is 1. The van der Waals surface area contributed by atoms with Gasteiger partial charge in [0.15, 0.2) is 5.82 Å². The average molecular weight is 253 g/mol. The maximum atomic E-state index is 8.97. The number of aromatic nitrogens is 2. The van der Waals surface area contributed by atoms with Gasteiger partial charge in [-0.05, 0) is 25.0 Å². The molecule has 5 nitrogen and oxygen atoms in total. The summed E-state index contributed by atoms with van der Waals surface area (Å²) >= 11 is 0. The largest absolute Gasteiger partial charge is 0.390 e. The van der Waals surface area contributed by atoms with Gasteiger partial charge in [-0.3, -0.25) is 0 Å². The highest BCUT2D eigenvalue weighted by molar-refractivity contribution is 5.38. The Balaban J connectivity index is 2.85. The first-order chi connectivity index (χ1) is 8.76. The summed E-state index contributed by atoms with van der Waals surface area (Å²) in [6.45, 7) is 5.74. The van der Waals surface area contributed by atoms with Crippen LogP contribution in [0.2, 0.25) is 0 Å². The Morgan fingerprint density at radius 2 is 2.00 bits per heavy atom. The summed E-state index contributed by atoms with van der Waals surface area (Å²) in [6.07, 6.45) is 2.12. The Labute approximate surface area is 109 Å². The smallest absolute Gasteiger partial charge is 0.151 e. The predicted octanol–water partition coefficient (Wildman–Crippen LogP) is 1.61. The van der Waals surface area contributed by atoms with Gasteiger partial charge in [0.1, 0.15) is 0 Å². The molecular weight excluding hydrogens is 230 g/mol. The van der Waals surface area contributed by atoms with E-state index in [1.807, 2.05) is 12.1 Å². The highest BCUT2D eigenvalue weighted by Gasteiger charge is 2.16. The van der Waals surface area contributed by atoms with Crippen LogP contribution in [0.4, 0.5) is 5.82 Å². The molecule has 0 aliphatic heterocycles. The van der Waals surface area contributed by atoms with E-state index in [0.717, 1.165) is 25.2 Å². The molecule has 1 aromatic rings. The molecule has 1 aromatic heterocycles. The topological polar surface area (TPSA) is 58.5 Å². The Morgan fingerprint density at radius 3 is 2.44 bits per heavy atom. The normalized spacial score (nSPS) is 10.9. The first-order valence-electron chi connectivity index (χ1n) is 6.45. The van der Waals surface area contributed by atoms with Crippen LogP contribution in [0, 0.1) is 0 Å². The van der Waals surface area contributed by atoms with Crippen molar-refractivity contribution in [3.05, 3.63) is 17.8 Å². The molecule has 102 valence electrons. The fourth-order valence-electron chi connectivity index (χ4n) is 1.99. The third-order valence-corrected chi connectivity index (χ3v) is 3.08. The lowest BCUT2D eigenvalue weighted by atomic mass is 10.1. The average Bonchev–Trinajstić information content (AvgIpc) is 2.43. The van der Waals surface area contributed by atoms with Crippen LogP contribution in [0.3, 0.4) is 0 Å². The van der Waals surface area contributed by atoms with Crippen LogP contribution in [-0.2, 0) is 11.3 Å². The van der Waals surface area contributed by atoms with Gasteiger partial charge in [-0.1, -0.05) is 13.8 Å². The minimum absolute atomic E-state index is 0.0731. The summed E-state index contributed by atoms with van der Waals surface area (Å²) in [5, 5.41) is 17.1. The van der Waals surface area contributed by atoms with Crippen molar-refractivity contribution < 1.29 is 9.84 Å². The van der Waals surface area contributed by atoms with E-state index in [0.29, 0.717) is 18.3 Å². The number of hydrogen-bond donors (Lipinski definition) is 1. The van der Waals surface area contributed by atoms with Gasteiger partial charge in [-0.25, -0.2) is 0 Å². The number of rotatable bonds is 8. The molecule has 0 amide bonds. The summed E-state index contributed by atoms with van der Waals surface area (Å²) < 4.78 is 5.15. The fourth-order valence-corrected chi connectivity index (χ4v) is 1.99. The third kappa shape index (κ3) is 3.92. The lowest BCUT2D eigenvalue weighted by Crippen LogP contribution is -2.37. The van der Waals surface area contributed by atoms with Crippen LogP contribution in [-0.4, -0.2) is 41.6 Å². The third-order valence-electron chi connectivity index (χ3n) is 3.08. The van der Waals surface area contributed by atoms with Crippen molar-refractivity contribution in [2.24, 2.45) is 0 Å². The molecule has 0 aliphatic rings. The lowest BCUT2D eigenvalue weighted by molar-refractivity contribution is 0.202. The lowest BCUT2D eigenvalue weighted by Gasteiger charge is -2.31. The standard InChI is InChI=1S/C13H23N3O2/c1-4-12(5-2)16(8-9-18-3)13-7-6-11(10-17)14-15-13/h6-7,12,17H,4-5,8-10H2,1-3H3. The van der Waals surface area contributed by atoms with Crippen LogP contribution >= 0.6 is 0 Å². The van der Waals surface area contributed by atoms with Crippen molar-refractivity contribution in [2.75, 3.05) is 25.2 Å². The molecule has 0 bridgehead atoms. The molecule has 0 atom stereocenters. The van der Waals surface area contributed by atoms with Crippen molar-refractivity contribution in [3.8, 4) is 0 Å². The van der Waals surface area contributed by atoms with Crippen molar-refractivity contribution >= 4 is 5.82 Å². The summed E-state index contributed by atoms with van der Waals surface area (Å²) in [7, 11) is 1.70. The van der Waals surface area contributed by atoms with Gasteiger partial charge in [-0.2, -0.15) is 5.10 Å². The van der Waals surface area contributed by atoms with Crippen molar-refractivity contribution in [1.82, 2.24) is 10.2 Å². The van der Waals surface area contributed by atoms with E-state index in [2.05, 4.69) is 28.9 Å². The highest BCUT2D eigenvalue weighted by Crippen LogP contribution is 2.17. The summed E-state index contributed by atoms with van der Waals surface area (Å²) in [6, 6.07) is 4.16. The molecule has 18 heavy (non-hydrogen) atoms. The Hall–Kier alpha value is -1.20. The minimum Gasteiger partial charge on any atom is -0.390 e. The summed E-state index contributed by atoms with van der Waals surface area (Å²) in [4.78, 5) is 2.22. The van der Waals surface area contributed by atoms with Crippen LogP contribution in [0.1, 0.15) is 32.4 Å². The van der Waals surface area contributed by atoms with Gasteiger partial charge in [0, 0.05) is 19.7 Å². The molecule has 0 spiro atoms. The monoisotopic (exact) mass is 253 g/mol. The molecule has 1 heterocycles. The van der Waals surface area contributed by atoms with E-state index in [1.54, 1.807) is 7.11 Å². The maximum Gasteiger partial charge on any atom is 0.151 e. The predicted molar refractivity (Wildman–Crippen MR) is 71.5 cm³/mol. The quantitative estimate of drug-likeness (QED) is 0.762. The van der Waals surface area contributed by atoms with Crippen molar-refractivity contribution in [3.63, 3.8) is 0 Å². The maximum absolute atomic E-state index is 8.97. The molecule has 0 fully saturated rings. The van der Waals surface area contributed by atoms with E-state index in [-0.39, 0.29) is 6.61 Å². The van der Waals surface area contributed by atoms with Crippen LogP contribution in [0.5, 0.6) is 0 Å². The molecule has 1 N–H and O–H groups in total. The number of hydrogen-bond acceptors (Lipinski definition) is 5. The van der Waals surface area contributed by atoms with Crippen LogP contribution < -0.4 is 4.90 Å². The SMILES string of the molecule is CCC(CC)N(CCOC)c1ccc(CO)nn1. The Kier molecular flexibility index (Phi) is 6.60. The Morgan fingerprint density at radius 1 is 1.28 bits per heavy atom. The van der Waals surface area contributed by atoms with Crippen LogP contribution in [0.15, 0.2) is 12.1 Å². The van der Waals surface area contributed by atoms with Crippen LogP contribution in [0.25, 0.3) is 0 Å². The van der Waals surface area contributed by atoms with Gasteiger partial charge in [0.25, 0.3) is 0 Å². The molecule has 0 unspecified atom stereocenters. The molecule has 0 saturated carbocycles. The number of nitrogens with zero attached hydrogens (tertiary/aromatic N) is 3. The second kappa shape index (κ2) is 8.00. The van der Waals surface area contributed by atoms with E-state index in [9.17, 15) is 0 Å². The molecule has 5 heteroatoms. The first kappa shape index (κ1) is 14.9. The van der Waals surface area contributed by atoms with E-state index >= 15 is 0 Å². The second-order valence-electron chi connectivity index (χ2n) is 4.20. The second-order valence-corrected chi connectivity index (χ2v) is 4.20. The zero-order chi connectivity index (χ0) is 13.4. The van der Waals surface area contributed by atoms with E-state index < -0.39 is 0 Å². The summed E-state index contributed by atoms with van der Waals surface area (Å²) in [5.41, 5.74) is 0.593. The molecule has 0 saturated heterocycles. The number of ether oxygens (including phenoxy) is 1. The minimum atomic E-state index is -0.0731. The molecule has 1 rings (SSSR count). The zero-order valence-corrected chi connectivity index (χ0v) is 11.5. The number of methoxy groups -OCH3 is 1. The Bertz CT molecular complexity index is 326. The van der Waals surface area contributed by atoms with Gasteiger partial charge < -0.3 is 14.7 Å². The zero-order valence-electron chi connectivity index (χ0n) is 11.5. The van der Waals surface area contributed by atoms with Gasteiger partial charge in [-0.15, -0.1) is 5.10 Å². The van der Waals surface area contributed by atoms with Gasteiger partial charge in [0.05, 0.1) is 18.9 Å². The number of aliphatic hydroxyl groups is 1. The molecule has 0 aromatic carbocycles. The molecular formula is C13H23N3O2. The highest BCUT2D eigenvalue weighted by atomic mass is 16.5. The molecule has 0 aliphatic carbocycles. The van der Waals surface area contributed by atoms with Crippen molar-refractivity contribution in [2.45, 2.75) is 39.3 Å². The van der Waals surface area contributed by atoms with Gasteiger partial charge in [0.2, 0.25) is 0 Å². The molecule has 0 radical (unpaired) electrons. The van der Waals surface area contributed by atoms with E-state index in [1.165, 1.54) is 0 Å². The first-order valence-corrected chi connectivity index (χ1v) is 6.45. The summed E-state index contributed by atoms with van der Waals surface area (Å²) in [5.74, 6) is 0.845.